The molecule has 0 saturated carbocycles. The van der Waals surface area contributed by atoms with Gasteiger partial charge in [0.1, 0.15) is 5.82 Å². The number of carbonyl (C=O) groups is 1. The van der Waals surface area contributed by atoms with Gasteiger partial charge in [0.15, 0.2) is 5.82 Å². The number of carbonyl (C=O) groups excluding carboxylic acids is 1. The molecule has 3 rings (SSSR count). The van der Waals surface area contributed by atoms with Crippen LogP contribution in [0.2, 0.25) is 0 Å². The summed E-state index contributed by atoms with van der Waals surface area (Å²) in [4.78, 5) is 19.7. The summed E-state index contributed by atoms with van der Waals surface area (Å²) in [7, 11) is 0. The molecule has 0 spiro atoms. The zero-order chi connectivity index (χ0) is 17.8. The number of piperidine rings is 1. The molecule has 2 aliphatic heterocycles. The largest absolute Gasteiger partial charge is 0.381 e. The van der Waals surface area contributed by atoms with Gasteiger partial charge in [0.25, 0.3) is 0 Å². The van der Waals surface area contributed by atoms with Gasteiger partial charge in [-0.15, -0.1) is 0 Å². The van der Waals surface area contributed by atoms with Gasteiger partial charge in [-0.3, -0.25) is 9.89 Å². The van der Waals surface area contributed by atoms with Gasteiger partial charge >= 0.3 is 0 Å². The molecule has 0 bridgehead atoms. The number of H-pyrrole nitrogens is 1. The fourth-order valence-electron chi connectivity index (χ4n) is 3.94. The van der Waals surface area contributed by atoms with Gasteiger partial charge in [-0.1, -0.05) is 13.8 Å². The highest BCUT2D eigenvalue weighted by Gasteiger charge is 2.35. The van der Waals surface area contributed by atoms with Gasteiger partial charge in [-0.25, -0.2) is 4.98 Å². The maximum absolute atomic E-state index is 12.7. The first kappa shape index (κ1) is 18.3. The van der Waals surface area contributed by atoms with Crippen LogP contribution in [0.5, 0.6) is 0 Å². The molecule has 2 atom stereocenters. The summed E-state index contributed by atoms with van der Waals surface area (Å²) in [5, 5.41) is 10.6. The predicted octanol–water partition coefficient (Wildman–Crippen LogP) is 1.47. The lowest BCUT2D eigenvalue weighted by Gasteiger charge is -2.39. The smallest absolute Gasteiger partial charge is 0.223 e. The van der Waals surface area contributed by atoms with Crippen molar-refractivity contribution >= 4 is 5.91 Å². The molecule has 7 nitrogen and oxygen atoms in total. The molecule has 1 aromatic rings. The molecule has 2 aliphatic rings. The Labute approximate surface area is 149 Å². The predicted molar refractivity (Wildman–Crippen MR) is 95.2 cm³/mol. The summed E-state index contributed by atoms with van der Waals surface area (Å²) in [6.45, 7) is 10.7. The Morgan fingerprint density at radius 2 is 2.12 bits per heavy atom. The number of amides is 1. The minimum Gasteiger partial charge on any atom is -0.381 e. The number of aryl methyl sites for hydroxylation is 1. The maximum atomic E-state index is 12.7. The van der Waals surface area contributed by atoms with E-state index in [0.717, 1.165) is 50.5 Å². The molecule has 1 aromatic heterocycles. The first-order valence-electron chi connectivity index (χ1n) is 9.52. The van der Waals surface area contributed by atoms with E-state index in [-0.39, 0.29) is 23.8 Å². The Bertz CT molecular complexity index is 568. The number of ether oxygens (including phenoxy) is 1. The van der Waals surface area contributed by atoms with Crippen molar-refractivity contribution in [1.82, 2.24) is 25.4 Å². The Morgan fingerprint density at radius 1 is 1.36 bits per heavy atom. The van der Waals surface area contributed by atoms with E-state index in [0.29, 0.717) is 19.1 Å². The van der Waals surface area contributed by atoms with Crippen LogP contribution in [0, 0.1) is 18.8 Å². The van der Waals surface area contributed by atoms with Crippen molar-refractivity contribution < 1.29 is 9.53 Å². The molecule has 7 heteroatoms. The Kier molecular flexibility index (Phi) is 6.06. The molecule has 0 aliphatic carbocycles. The second kappa shape index (κ2) is 8.27. The zero-order valence-corrected chi connectivity index (χ0v) is 15.6. The molecule has 0 radical (unpaired) electrons. The fraction of sp³-hybridized carbons (Fsp3) is 0.833. The summed E-state index contributed by atoms with van der Waals surface area (Å²) in [5.74, 6) is 2.69. The van der Waals surface area contributed by atoms with Gasteiger partial charge in [0.2, 0.25) is 5.91 Å². The van der Waals surface area contributed by atoms with Crippen molar-refractivity contribution in [2.75, 3.05) is 32.8 Å². The molecule has 2 saturated heterocycles. The minimum absolute atomic E-state index is 0.0676. The van der Waals surface area contributed by atoms with Crippen molar-refractivity contribution in [2.45, 2.75) is 52.0 Å². The van der Waals surface area contributed by atoms with Crippen LogP contribution in [0.15, 0.2) is 0 Å². The van der Waals surface area contributed by atoms with Gasteiger partial charge in [0.05, 0.1) is 6.04 Å². The molecule has 25 heavy (non-hydrogen) atoms. The normalized spacial score (nSPS) is 26.1. The number of nitrogens with zero attached hydrogens (tertiary/aromatic N) is 3. The number of aromatic amines is 1. The molecule has 0 aromatic carbocycles. The molecule has 0 unspecified atom stereocenters. The number of likely N-dealkylation sites (tertiary alicyclic amines) is 1. The molecule has 3 heterocycles. The third-order valence-electron chi connectivity index (χ3n) is 5.19. The van der Waals surface area contributed by atoms with Crippen molar-refractivity contribution in [1.29, 1.82) is 0 Å². The van der Waals surface area contributed by atoms with E-state index >= 15 is 0 Å². The van der Waals surface area contributed by atoms with Crippen molar-refractivity contribution in [3.63, 3.8) is 0 Å². The van der Waals surface area contributed by atoms with Crippen LogP contribution >= 0.6 is 0 Å². The Morgan fingerprint density at radius 3 is 2.76 bits per heavy atom. The molecule has 2 N–H and O–H groups in total. The van der Waals surface area contributed by atoms with Crippen LogP contribution < -0.4 is 5.32 Å². The van der Waals surface area contributed by atoms with Crippen molar-refractivity contribution in [3.05, 3.63) is 11.6 Å². The van der Waals surface area contributed by atoms with Crippen LogP contribution in [0.1, 0.15) is 50.7 Å². The van der Waals surface area contributed by atoms with E-state index in [1.165, 1.54) is 0 Å². The van der Waals surface area contributed by atoms with Crippen LogP contribution in [-0.4, -0.2) is 64.9 Å². The highest BCUT2D eigenvalue weighted by atomic mass is 16.5. The monoisotopic (exact) mass is 349 g/mol. The van der Waals surface area contributed by atoms with Crippen molar-refractivity contribution in [3.8, 4) is 0 Å². The van der Waals surface area contributed by atoms with E-state index in [4.69, 9.17) is 4.74 Å². The molecule has 2 fully saturated rings. The van der Waals surface area contributed by atoms with Gasteiger partial charge < -0.3 is 15.0 Å². The summed E-state index contributed by atoms with van der Waals surface area (Å²) in [6, 6.07) is 0.0676. The van der Waals surface area contributed by atoms with Crippen LogP contribution in [0.4, 0.5) is 0 Å². The maximum Gasteiger partial charge on any atom is 0.223 e. The first-order valence-corrected chi connectivity index (χ1v) is 9.52. The van der Waals surface area contributed by atoms with Crippen LogP contribution in [0.25, 0.3) is 0 Å². The van der Waals surface area contributed by atoms with Crippen molar-refractivity contribution in [2.24, 2.45) is 11.8 Å². The summed E-state index contributed by atoms with van der Waals surface area (Å²) in [5.41, 5.74) is 0. The fourth-order valence-corrected chi connectivity index (χ4v) is 3.94. The molecule has 140 valence electrons. The first-order chi connectivity index (χ1) is 12.0. The zero-order valence-electron chi connectivity index (χ0n) is 15.6. The number of hydrogen-bond acceptors (Lipinski definition) is 5. The van der Waals surface area contributed by atoms with E-state index in [9.17, 15) is 4.79 Å². The molecular formula is C18H31N5O2. The highest BCUT2D eigenvalue weighted by Crippen LogP contribution is 2.27. The third-order valence-corrected chi connectivity index (χ3v) is 5.19. The Hall–Kier alpha value is -1.47. The quantitative estimate of drug-likeness (QED) is 0.841. The van der Waals surface area contributed by atoms with Gasteiger partial charge in [-0.05, 0) is 38.6 Å². The Balaban J connectivity index is 1.69. The second-order valence-corrected chi connectivity index (χ2v) is 7.83. The topological polar surface area (TPSA) is 83.1 Å². The van der Waals surface area contributed by atoms with E-state index < -0.39 is 0 Å². The lowest BCUT2D eigenvalue weighted by molar-refractivity contribution is -0.129. The van der Waals surface area contributed by atoms with E-state index in [1.807, 2.05) is 6.92 Å². The number of aromatic nitrogens is 3. The van der Waals surface area contributed by atoms with Gasteiger partial charge in [0, 0.05) is 38.1 Å². The lowest BCUT2D eigenvalue weighted by Crippen LogP contribution is -2.53. The van der Waals surface area contributed by atoms with Crippen LogP contribution in [0.3, 0.4) is 0 Å². The highest BCUT2D eigenvalue weighted by molar-refractivity contribution is 5.79. The molecular weight excluding hydrogens is 318 g/mol. The second-order valence-electron chi connectivity index (χ2n) is 7.83. The molecule has 1 amide bonds. The third kappa shape index (κ3) is 4.79. The SMILES string of the molecule is Cc1nc([C@H]2CCN(CC(C)C)C[C@H]2NC(=O)C2CCOCC2)n[nH]1. The van der Waals surface area contributed by atoms with E-state index in [2.05, 4.69) is 39.2 Å². The minimum atomic E-state index is 0.0676. The summed E-state index contributed by atoms with van der Waals surface area (Å²) < 4.78 is 5.38. The average molecular weight is 349 g/mol. The standard InChI is InChI=1S/C18H31N5O2/c1-12(2)10-23-7-4-15(17-19-13(3)21-22-17)16(11-23)20-18(24)14-5-8-25-9-6-14/h12,14-16H,4-11H2,1-3H3,(H,20,24)(H,19,21,22)/t15-,16+/m0/s1. The number of rotatable bonds is 5. The number of hydrogen-bond donors (Lipinski definition) is 2. The van der Waals surface area contributed by atoms with Crippen LogP contribution in [-0.2, 0) is 9.53 Å². The average Bonchev–Trinajstić information content (AvgIpc) is 3.01. The van der Waals surface area contributed by atoms with E-state index in [1.54, 1.807) is 0 Å². The number of nitrogens with one attached hydrogen (secondary N) is 2. The summed E-state index contributed by atoms with van der Waals surface area (Å²) >= 11 is 0. The lowest BCUT2D eigenvalue weighted by atomic mass is 9.89. The van der Waals surface area contributed by atoms with Gasteiger partial charge in [-0.2, -0.15) is 5.10 Å². The summed E-state index contributed by atoms with van der Waals surface area (Å²) in [6.07, 6.45) is 2.61.